The van der Waals surface area contributed by atoms with E-state index >= 15 is 0 Å². The van der Waals surface area contributed by atoms with Gasteiger partial charge in [-0.15, -0.1) is 0 Å². The minimum Gasteiger partial charge on any atom is -0.358 e. The van der Waals surface area contributed by atoms with Gasteiger partial charge in [-0.1, -0.05) is 270 Å². The van der Waals surface area contributed by atoms with Gasteiger partial charge >= 0.3 is 23.1 Å². The molecule has 9 aromatic rings. The summed E-state index contributed by atoms with van der Waals surface area (Å²) in [7, 11) is 0. The van der Waals surface area contributed by atoms with Crippen LogP contribution in [-0.2, 0) is 32.5 Å². The Hall–Kier alpha value is -7.59. The Morgan fingerprint density at radius 1 is 0.224 bits per heavy atom. The SMILES string of the molecule is CC(C)(C)c1ccc(C2=C(c3ccc(C(C)(C)C)cc3)c3nc2nc2ccc(nc4nc(nc5[n-]c(n3)c(-c3ccc(C(C)(C)C)cc3)c5-c3ccc(C(C)(C)C)cc3)C(c3ccc(C(C)(C)C)cc3)=C4c3ccc(C(C)(C)C)cc3)[n-]2)cc1.[Mg+2]. The number of nitrogens with zero attached hydrogens (tertiary/aromatic N) is 8. The summed E-state index contributed by atoms with van der Waals surface area (Å²) in [6.45, 7) is 40.4. The van der Waals surface area contributed by atoms with E-state index in [1.807, 2.05) is 12.1 Å². The van der Waals surface area contributed by atoms with Gasteiger partial charge in [-0.2, -0.15) is 0 Å². The summed E-state index contributed by atoms with van der Waals surface area (Å²) >= 11 is 0. The molecule has 8 nitrogen and oxygen atoms in total. The van der Waals surface area contributed by atoms with Crippen LogP contribution in [0, 0.1) is 0 Å². The van der Waals surface area contributed by atoms with Crippen LogP contribution in [0.15, 0.2) is 158 Å². The monoisotopic (exact) mass is 1130 g/mol. The molecule has 0 saturated carbocycles. The maximum atomic E-state index is 5.76. The van der Waals surface area contributed by atoms with Crippen molar-refractivity contribution < 1.29 is 0 Å². The third-order valence-corrected chi connectivity index (χ3v) is 16.4. The smallest absolute Gasteiger partial charge is 0.358 e. The number of aromatic nitrogens is 8. The Morgan fingerprint density at radius 3 is 0.635 bits per heavy atom. The zero-order valence-corrected chi connectivity index (χ0v) is 54.7. The molecule has 0 amide bonds. The molecule has 0 N–H and O–H groups in total. The molecule has 2 aliphatic rings. The average molecular weight is 1130 g/mol. The largest absolute Gasteiger partial charge is 2.00 e. The summed E-state index contributed by atoms with van der Waals surface area (Å²) in [5.41, 5.74) is 19.6. The van der Waals surface area contributed by atoms with Crippen molar-refractivity contribution in [1.29, 1.82) is 0 Å². The molecule has 5 heterocycles. The van der Waals surface area contributed by atoms with E-state index < -0.39 is 0 Å². The zero-order valence-electron chi connectivity index (χ0n) is 53.3. The van der Waals surface area contributed by atoms with Gasteiger partial charge < -0.3 is 29.9 Å². The number of fused-ring (bicyclic) bond motifs is 8. The molecule has 6 aromatic carbocycles. The molecule has 0 radical (unpaired) electrons. The summed E-state index contributed by atoms with van der Waals surface area (Å²) in [6.07, 6.45) is 0. The van der Waals surface area contributed by atoms with Crippen molar-refractivity contribution in [2.24, 2.45) is 0 Å². The van der Waals surface area contributed by atoms with Crippen LogP contribution < -0.4 is 9.97 Å². The van der Waals surface area contributed by atoms with Gasteiger partial charge in [0.05, 0.1) is 23.3 Å². The Balaban J connectivity index is 0.00000803. The van der Waals surface area contributed by atoms with Crippen molar-refractivity contribution in [1.82, 2.24) is 39.9 Å². The van der Waals surface area contributed by atoms with Gasteiger partial charge in [0, 0.05) is 56.0 Å². The second-order valence-corrected chi connectivity index (χ2v) is 29.1. The molecule has 9 heteroatoms. The number of hydrogen-bond donors (Lipinski definition) is 0. The van der Waals surface area contributed by atoms with Gasteiger partial charge in [0.25, 0.3) is 0 Å². The maximum absolute atomic E-state index is 5.76. The first-order valence-electron chi connectivity index (χ1n) is 29.7. The zero-order chi connectivity index (χ0) is 60.1. The van der Waals surface area contributed by atoms with Crippen LogP contribution in [0.25, 0.3) is 67.1 Å². The van der Waals surface area contributed by atoms with Crippen molar-refractivity contribution in [3.8, 4) is 22.3 Å². The van der Waals surface area contributed by atoms with E-state index in [1.165, 1.54) is 33.4 Å². The number of benzene rings is 6. The first kappa shape index (κ1) is 60.5. The van der Waals surface area contributed by atoms with Crippen molar-refractivity contribution in [2.75, 3.05) is 0 Å². The van der Waals surface area contributed by atoms with Gasteiger partial charge in [0.15, 0.2) is 0 Å². The third-order valence-electron chi connectivity index (χ3n) is 16.4. The van der Waals surface area contributed by atoms with Gasteiger partial charge in [-0.3, -0.25) is 0 Å². The van der Waals surface area contributed by atoms with E-state index in [4.69, 9.17) is 39.9 Å². The van der Waals surface area contributed by atoms with Crippen molar-refractivity contribution in [3.05, 3.63) is 237 Å². The van der Waals surface area contributed by atoms with Crippen LogP contribution in [0.5, 0.6) is 0 Å². The molecular weight excluding hydrogens is 1050 g/mol. The third kappa shape index (κ3) is 12.3. The summed E-state index contributed by atoms with van der Waals surface area (Å²) in [4.78, 5) is 44.1. The fraction of sp³-hybridized carbons (Fsp3) is 0.316. The molecule has 8 bridgehead atoms. The van der Waals surface area contributed by atoms with Crippen LogP contribution >= 0.6 is 0 Å². The predicted octanol–water partition coefficient (Wildman–Crippen LogP) is 17.9. The molecule has 0 atom stereocenters. The Kier molecular flexibility index (Phi) is 15.7. The van der Waals surface area contributed by atoms with Crippen LogP contribution in [0.1, 0.15) is 204 Å². The minimum atomic E-state index is -0.0838. The minimum absolute atomic E-state index is 0. The van der Waals surface area contributed by atoms with Crippen LogP contribution in [0.3, 0.4) is 0 Å². The molecule has 0 spiro atoms. The molecule has 85 heavy (non-hydrogen) atoms. The summed E-state index contributed by atoms with van der Waals surface area (Å²) < 4.78 is 0. The van der Waals surface area contributed by atoms with Crippen molar-refractivity contribution in [2.45, 2.75) is 157 Å². The molecule has 0 aliphatic carbocycles. The van der Waals surface area contributed by atoms with E-state index in [1.54, 1.807) is 0 Å². The predicted molar refractivity (Wildman–Crippen MR) is 355 cm³/mol. The normalized spacial score (nSPS) is 13.6. The second-order valence-electron chi connectivity index (χ2n) is 29.1. The first-order chi connectivity index (χ1) is 39.4. The van der Waals surface area contributed by atoms with E-state index in [9.17, 15) is 0 Å². The van der Waals surface area contributed by atoms with E-state index in [0.717, 1.165) is 66.8 Å². The van der Waals surface area contributed by atoms with E-state index in [-0.39, 0.29) is 55.5 Å². The molecule has 0 saturated heterocycles. The Labute approximate surface area is 520 Å². The van der Waals surface area contributed by atoms with Crippen LogP contribution in [-0.4, -0.2) is 53.0 Å². The average Bonchev–Trinajstić information content (AvgIpc) is 1.81. The molecule has 2 aliphatic heterocycles. The van der Waals surface area contributed by atoms with Gasteiger partial charge in [-0.05, 0) is 111 Å². The van der Waals surface area contributed by atoms with Crippen molar-refractivity contribution in [3.63, 3.8) is 0 Å². The molecule has 0 unspecified atom stereocenters. The van der Waals surface area contributed by atoms with Gasteiger partial charge in [0.1, 0.15) is 0 Å². The van der Waals surface area contributed by atoms with E-state index in [2.05, 4.69) is 270 Å². The first-order valence-corrected chi connectivity index (χ1v) is 29.7. The van der Waals surface area contributed by atoms with Crippen molar-refractivity contribution >= 4 is 67.9 Å². The van der Waals surface area contributed by atoms with Crippen LogP contribution in [0.2, 0.25) is 0 Å². The molecular formula is C76H80MgN8. The van der Waals surface area contributed by atoms with Crippen LogP contribution in [0.4, 0.5) is 0 Å². The quantitative estimate of drug-likeness (QED) is 0.152. The summed E-state index contributed by atoms with van der Waals surface area (Å²) in [5, 5.41) is 0. The Morgan fingerprint density at radius 2 is 0.424 bits per heavy atom. The summed E-state index contributed by atoms with van der Waals surface area (Å²) in [6, 6.07) is 56.9. The molecule has 0 fully saturated rings. The maximum Gasteiger partial charge on any atom is 2.00 e. The van der Waals surface area contributed by atoms with Gasteiger partial charge in [0.2, 0.25) is 0 Å². The standard InChI is InChI=1S/C76H80N8.Mg/c1-71(2,3)51-31-19-45(20-32-51)59-61(47-23-35-53(36-24-47)73(7,8)9)67-80-65(59)78-57-43-44-58(77-57)79-66-60(46-21-33-52(34-22-46)72(4,5)6)62(48-25-37-54(38-26-48)74(10,11)12)68(81-66)83-70-64(50-29-41-56(42-30-50)76(16,17)18)63(69(82-67)84-70)49-27-39-55(40-28-49)75(13,14)15;/h19-44H,1-18H3;/q-2;+2. The fourth-order valence-corrected chi connectivity index (χ4v) is 11.1. The Bertz CT molecular complexity index is 3940. The van der Waals surface area contributed by atoms with Gasteiger partial charge in [-0.25, -0.2) is 9.97 Å². The molecule has 426 valence electrons. The fourth-order valence-electron chi connectivity index (χ4n) is 11.1. The number of hydrogen-bond acceptors (Lipinski definition) is 6. The summed E-state index contributed by atoms with van der Waals surface area (Å²) in [5.74, 6) is 1.94. The molecule has 3 aromatic heterocycles. The topological polar surface area (TPSA) is 106 Å². The second kappa shape index (κ2) is 22.0. The number of rotatable bonds is 6. The van der Waals surface area contributed by atoms with E-state index in [0.29, 0.717) is 45.9 Å². The molecule has 11 rings (SSSR count).